The van der Waals surface area contributed by atoms with Crippen molar-refractivity contribution in [1.82, 2.24) is 0 Å². The number of anilines is 2. The zero-order valence-electron chi connectivity index (χ0n) is 18.4. The van der Waals surface area contributed by atoms with Gasteiger partial charge in [0.25, 0.3) is 11.8 Å². The van der Waals surface area contributed by atoms with Crippen molar-refractivity contribution < 1.29 is 14.3 Å². The maximum atomic E-state index is 12.9. The molecule has 0 fully saturated rings. The highest BCUT2D eigenvalue weighted by atomic mass is 16.5. The van der Waals surface area contributed by atoms with E-state index >= 15 is 0 Å². The van der Waals surface area contributed by atoms with Crippen LogP contribution in [0.2, 0.25) is 0 Å². The third-order valence-electron chi connectivity index (χ3n) is 5.05. The standard InChI is InChI=1S/C26H28N2O3/c1-5-28(23-9-7-6-8-10-23)26(30)21-13-15-22(16-14-21)27-25(29)20(4)31-24-17-18(2)11-12-19(24)3/h6-17,20H,5H2,1-4H3,(H,27,29). The molecular weight excluding hydrogens is 388 g/mol. The highest BCUT2D eigenvalue weighted by Gasteiger charge is 2.18. The van der Waals surface area contributed by atoms with Gasteiger partial charge in [-0.05, 0) is 81.3 Å². The summed E-state index contributed by atoms with van der Waals surface area (Å²) in [4.78, 5) is 27.2. The van der Waals surface area contributed by atoms with E-state index in [2.05, 4.69) is 5.32 Å². The van der Waals surface area contributed by atoms with Crippen LogP contribution in [-0.4, -0.2) is 24.5 Å². The quantitative estimate of drug-likeness (QED) is 0.563. The van der Waals surface area contributed by atoms with Gasteiger partial charge in [-0.1, -0.05) is 30.3 Å². The van der Waals surface area contributed by atoms with Gasteiger partial charge in [-0.25, -0.2) is 0 Å². The molecule has 0 bridgehead atoms. The fourth-order valence-electron chi connectivity index (χ4n) is 3.23. The van der Waals surface area contributed by atoms with Gasteiger partial charge in [-0.3, -0.25) is 9.59 Å². The third-order valence-corrected chi connectivity index (χ3v) is 5.05. The molecule has 0 aliphatic rings. The molecule has 2 amide bonds. The van der Waals surface area contributed by atoms with Crippen LogP contribution < -0.4 is 15.0 Å². The van der Waals surface area contributed by atoms with Crippen LogP contribution >= 0.6 is 0 Å². The first-order chi connectivity index (χ1) is 14.9. The van der Waals surface area contributed by atoms with Crippen molar-refractivity contribution in [3.05, 3.63) is 89.5 Å². The molecule has 160 valence electrons. The van der Waals surface area contributed by atoms with E-state index < -0.39 is 6.10 Å². The van der Waals surface area contributed by atoms with Crippen LogP contribution in [0.15, 0.2) is 72.8 Å². The summed E-state index contributed by atoms with van der Waals surface area (Å²) < 4.78 is 5.84. The van der Waals surface area contributed by atoms with E-state index in [0.29, 0.717) is 23.5 Å². The Balaban J connectivity index is 1.65. The van der Waals surface area contributed by atoms with Crippen molar-refractivity contribution in [2.24, 2.45) is 0 Å². The molecule has 1 atom stereocenters. The fraction of sp³-hybridized carbons (Fsp3) is 0.231. The highest BCUT2D eigenvalue weighted by molar-refractivity contribution is 6.06. The number of amides is 2. The lowest BCUT2D eigenvalue weighted by Crippen LogP contribution is -2.31. The zero-order chi connectivity index (χ0) is 22.4. The first-order valence-corrected chi connectivity index (χ1v) is 10.4. The Morgan fingerprint density at radius 1 is 0.968 bits per heavy atom. The number of ether oxygens (including phenoxy) is 1. The van der Waals surface area contributed by atoms with E-state index in [0.717, 1.165) is 16.8 Å². The van der Waals surface area contributed by atoms with Crippen LogP contribution in [0.5, 0.6) is 5.75 Å². The molecule has 3 aromatic rings. The number of aryl methyl sites for hydroxylation is 2. The monoisotopic (exact) mass is 416 g/mol. The normalized spacial score (nSPS) is 11.5. The minimum absolute atomic E-state index is 0.0850. The second-order valence-electron chi connectivity index (χ2n) is 7.48. The molecule has 31 heavy (non-hydrogen) atoms. The summed E-state index contributed by atoms with van der Waals surface area (Å²) in [6.45, 7) is 8.15. The highest BCUT2D eigenvalue weighted by Crippen LogP contribution is 2.21. The van der Waals surface area contributed by atoms with Gasteiger partial charge >= 0.3 is 0 Å². The van der Waals surface area contributed by atoms with Gasteiger partial charge in [0.05, 0.1) is 0 Å². The third kappa shape index (κ3) is 5.51. The van der Waals surface area contributed by atoms with Crippen LogP contribution in [0.1, 0.15) is 35.3 Å². The Bertz CT molecular complexity index is 1050. The van der Waals surface area contributed by atoms with Crippen molar-refractivity contribution >= 4 is 23.2 Å². The minimum atomic E-state index is -0.657. The van der Waals surface area contributed by atoms with Gasteiger partial charge in [-0.15, -0.1) is 0 Å². The lowest BCUT2D eigenvalue weighted by Gasteiger charge is -2.21. The van der Waals surface area contributed by atoms with Crippen LogP contribution in [0.4, 0.5) is 11.4 Å². The summed E-state index contributed by atoms with van der Waals surface area (Å²) in [5, 5.41) is 2.85. The van der Waals surface area contributed by atoms with Gasteiger partial charge < -0.3 is 15.0 Å². The molecule has 5 heteroatoms. The van der Waals surface area contributed by atoms with Gasteiger partial charge in [0.15, 0.2) is 6.10 Å². The predicted octanol–water partition coefficient (Wildman–Crippen LogP) is 5.38. The van der Waals surface area contributed by atoms with E-state index in [-0.39, 0.29) is 11.8 Å². The van der Waals surface area contributed by atoms with Gasteiger partial charge in [0.2, 0.25) is 0 Å². The molecule has 5 nitrogen and oxygen atoms in total. The average molecular weight is 417 g/mol. The maximum Gasteiger partial charge on any atom is 0.265 e. The topological polar surface area (TPSA) is 58.6 Å². The fourth-order valence-corrected chi connectivity index (χ4v) is 3.23. The number of hydrogen-bond acceptors (Lipinski definition) is 3. The molecule has 0 saturated heterocycles. The molecule has 1 unspecified atom stereocenters. The Labute approximate surface area is 183 Å². The molecule has 0 heterocycles. The van der Waals surface area contributed by atoms with Crippen molar-refractivity contribution in [2.75, 3.05) is 16.8 Å². The summed E-state index contributed by atoms with van der Waals surface area (Å²) >= 11 is 0. The molecule has 0 aliphatic carbocycles. The number of hydrogen-bond donors (Lipinski definition) is 1. The second-order valence-corrected chi connectivity index (χ2v) is 7.48. The van der Waals surface area contributed by atoms with Crippen molar-refractivity contribution in [2.45, 2.75) is 33.8 Å². The number of nitrogens with one attached hydrogen (secondary N) is 1. The molecule has 3 rings (SSSR count). The zero-order valence-corrected chi connectivity index (χ0v) is 18.4. The lowest BCUT2D eigenvalue weighted by atomic mass is 10.1. The predicted molar refractivity (Wildman–Crippen MR) is 125 cm³/mol. The maximum absolute atomic E-state index is 12.9. The Morgan fingerprint density at radius 3 is 2.29 bits per heavy atom. The molecular formula is C26H28N2O3. The Kier molecular flexibility index (Phi) is 7.08. The second kappa shape index (κ2) is 9.94. The van der Waals surface area contributed by atoms with Gasteiger partial charge in [0, 0.05) is 23.5 Å². The Morgan fingerprint density at radius 2 is 1.65 bits per heavy atom. The van der Waals surface area contributed by atoms with E-state index in [4.69, 9.17) is 4.74 Å². The molecule has 1 N–H and O–H groups in total. The average Bonchev–Trinajstić information content (AvgIpc) is 2.78. The Hall–Kier alpha value is -3.60. The summed E-state index contributed by atoms with van der Waals surface area (Å²) in [6.07, 6.45) is -0.657. The number of carbonyl (C=O) groups is 2. The smallest absolute Gasteiger partial charge is 0.265 e. The molecule has 0 aliphatic heterocycles. The van der Waals surface area contributed by atoms with E-state index in [1.54, 1.807) is 36.1 Å². The first kappa shape index (κ1) is 22.1. The van der Waals surface area contributed by atoms with Crippen molar-refractivity contribution in [3.8, 4) is 5.75 Å². The minimum Gasteiger partial charge on any atom is -0.481 e. The molecule has 0 aromatic heterocycles. The SMILES string of the molecule is CCN(C(=O)c1ccc(NC(=O)C(C)Oc2cc(C)ccc2C)cc1)c1ccccc1. The van der Waals surface area contributed by atoms with Crippen LogP contribution in [0.3, 0.4) is 0 Å². The van der Waals surface area contributed by atoms with Crippen LogP contribution in [-0.2, 0) is 4.79 Å². The van der Waals surface area contributed by atoms with Gasteiger partial charge in [-0.2, -0.15) is 0 Å². The van der Waals surface area contributed by atoms with E-state index in [9.17, 15) is 9.59 Å². The molecule has 0 spiro atoms. The summed E-state index contributed by atoms with van der Waals surface area (Å²) in [5.74, 6) is 0.363. The number of benzene rings is 3. The largest absolute Gasteiger partial charge is 0.481 e. The molecule has 0 radical (unpaired) electrons. The summed E-state index contributed by atoms with van der Waals surface area (Å²) in [6, 6.07) is 22.4. The van der Waals surface area contributed by atoms with Crippen molar-refractivity contribution in [1.29, 1.82) is 0 Å². The molecule has 0 saturated carbocycles. The van der Waals surface area contributed by atoms with Crippen molar-refractivity contribution in [3.63, 3.8) is 0 Å². The van der Waals surface area contributed by atoms with Crippen LogP contribution in [0, 0.1) is 13.8 Å². The molecule has 3 aromatic carbocycles. The van der Waals surface area contributed by atoms with Crippen LogP contribution in [0.25, 0.3) is 0 Å². The summed E-state index contributed by atoms with van der Waals surface area (Å²) in [5.41, 5.74) is 4.08. The number of para-hydroxylation sites is 1. The first-order valence-electron chi connectivity index (χ1n) is 10.4. The van der Waals surface area contributed by atoms with E-state index in [1.807, 2.05) is 69.3 Å². The number of carbonyl (C=O) groups excluding carboxylic acids is 2. The number of rotatable bonds is 7. The summed E-state index contributed by atoms with van der Waals surface area (Å²) in [7, 11) is 0. The number of nitrogens with zero attached hydrogens (tertiary/aromatic N) is 1. The van der Waals surface area contributed by atoms with E-state index in [1.165, 1.54) is 0 Å². The van der Waals surface area contributed by atoms with Gasteiger partial charge in [0.1, 0.15) is 5.75 Å². The lowest BCUT2D eigenvalue weighted by molar-refractivity contribution is -0.122.